The number of rotatable bonds is 8. The zero-order valence-corrected chi connectivity index (χ0v) is 14.2. The van der Waals surface area contributed by atoms with Crippen molar-refractivity contribution in [3.63, 3.8) is 0 Å². The molecule has 0 aliphatic rings. The number of benzene rings is 2. The summed E-state index contributed by atoms with van der Waals surface area (Å²) in [4.78, 5) is 10.5. The first-order chi connectivity index (χ1) is 11.5. The molecule has 0 saturated heterocycles. The predicted molar refractivity (Wildman–Crippen MR) is 98.1 cm³/mol. The monoisotopic (exact) mass is 324 g/mol. The molecule has 3 heteroatoms. The van der Waals surface area contributed by atoms with Gasteiger partial charge in [0, 0.05) is 6.08 Å². The average Bonchev–Trinajstić information content (AvgIpc) is 2.58. The number of hydrogen-bond acceptors (Lipinski definition) is 2. The molecule has 0 aliphatic carbocycles. The van der Waals surface area contributed by atoms with Gasteiger partial charge in [-0.1, -0.05) is 50.2 Å². The molecule has 0 atom stereocenters. The summed E-state index contributed by atoms with van der Waals surface area (Å²) in [6, 6.07) is 15.8. The lowest BCUT2D eigenvalue weighted by Gasteiger charge is -2.09. The molecule has 0 saturated carbocycles. The minimum absolute atomic E-state index is 0.712. The van der Waals surface area contributed by atoms with E-state index in [4.69, 9.17) is 9.84 Å². The van der Waals surface area contributed by atoms with Crippen molar-refractivity contribution in [2.45, 2.75) is 26.7 Å². The Morgan fingerprint density at radius 1 is 1.04 bits per heavy atom. The summed E-state index contributed by atoms with van der Waals surface area (Å²) in [6.07, 6.45) is 4.98. The predicted octanol–water partition coefficient (Wildman–Crippen LogP) is 5.27. The maximum atomic E-state index is 10.5. The standard InChI is InChI=1S/C21H24O3/c1-16(2)4-3-15-24-20-12-10-19(11-13-20)18-8-5-17(6-9-18)7-14-21(22)23/h5-14,16H,3-4,15H2,1-2H3,(H,22,23)/b14-7+. The summed E-state index contributed by atoms with van der Waals surface area (Å²) >= 11 is 0. The lowest BCUT2D eigenvalue weighted by Crippen LogP contribution is -1.99. The number of aliphatic carboxylic acids is 1. The average molecular weight is 324 g/mol. The van der Waals surface area contributed by atoms with E-state index in [2.05, 4.69) is 13.8 Å². The number of carbonyl (C=O) groups is 1. The van der Waals surface area contributed by atoms with Crippen molar-refractivity contribution in [2.75, 3.05) is 6.61 Å². The van der Waals surface area contributed by atoms with Gasteiger partial charge in [0.2, 0.25) is 0 Å². The van der Waals surface area contributed by atoms with Crippen LogP contribution in [0.1, 0.15) is 32.3 Å². The van der Waals surface area contributed by atoms with Crippen molar-refractivity contribution in [1.82, 2.24) is 0 Å². The molecule has 0 amide bonds. The Labute approximate surface area is 143 Å². The first-order valence-electron chi connectivity index (χ1n) is 8.29. The van der Waals surface area contributed by atoms with Crippen LogP contribution in [0, 0.1) is 5.92 Å². The molecule has 0 aliphatic heterocycles. The largest absolute Gasteiger partial charge is 0.494 e. The molecule has 0 aromatic heterocycles. The fraction of sp³-hybridized carbons (Fsp3) is 0.286. The third-order valence-corrected chi connectivity index (χ3v) is 3.71. The molecule has 2 aromatic carbocycles. The molecule has 0 heterocycles. The van der Waals surface area contributed by atoms with Gasteiger partial charge in [-0.05, 0) is 53.7 Å². The Kier molecular flexibility index (Phi) is 6.62. The third kappa shape index (κ3) is 5.92. The lowest BCUT2D eigenvalue weighted by atomic mass is 10.0. The van der Waals surface area contributed by atoms with Crippen molar-refractivity contribution in [3.05, 3.63) is 60.2 Å². The maximum Gasteiger partial charge on any atom is 0.328 e. The molecule has 0 fully saturated rings. The van der Waals surface area contributed by atoms with Crippen LogP contribution >= 0.6 is 0 Å². The molecule has 0 bridgehead atoms. The van der Waals surface area contributed by atoms with Crippen LogP contribution in [0.25, 0.3) is 17.2 Å². The quantitative estimate of drug-likeness (QED) is 0.532. The van der Waals surface area contributed by atoms with Gasteiger partial charge in [0.15, 0.2) is 0 Å². The highest BCUT2D eigenvalue weighted by molar-refractivity contribution is 5.85. The molecular weight excluding hydrogens is 300 g/mol. The Hall–Kier alpha value is -2.55. The number of carboxylic acids is 1. The van der Waals surface area contributed by atoms with Crippen LogP contribution in [0.5, 0.6) is 5.75 Å². The van der Waals surface area contributed by atoms with Crippen LogP contribution in [0.15, 0.2) is 54.6 Å². The van der Waals surface area contributed by atoms with Gasteiger partial charge in [-0.3, -0.25) is 0 Å². The van der Waals surface area contributed by atoms with Crippen LogP contribution in [0.2, 0.25) is 0 Å². The van der Waals surface area contributed by atoms with Crippen LogP contribution in [-0.4, -0.2) is 17.7 Å². The summed E-state index contributed by atoms with van der Waals surface area (Å²) in [5.41, 5.74) is 3.07. The van der Waals surface area contributed by atoms with E-state index in [1.165, 1.54) is 6.42 Å². The van der Waals surface area contributed by atoms with Crippen molar-refractivity contribution in [2.24, 2.45) is 5.92 Å². The summed E-state index contributed by atoms with van der Waals surface area (Å²) < 4.78 is 5.76. The minimum Gasteiger partial charge on any atom is -0.494 e. The van der Waals surface area contributed by atoms with Crippen LogP contribution in [0.3, 0.4) is 0 Å². The van der Waals surface area contributed by atoms with Gasteiger partial charge < -0.3 is 9.84 Å². The molecule has 0 spiro atoms. The number of hydrogen-bond donors (Lipinski definition) is 1. The molecule has 24 heavy (non-hydrogen) atoms. The normalized spacial score (nSPS) is 11.1. The maximum absolute atomic E-state index is 10.5. The number of ether oxygens (including phenoxy) is 1. The van der Waals surface area contributed by atoms with Crippen molar-refractivity contribution < 1.29 is 14.6 Å². The van der Waals surface area contributed by atoms with Gasteiger partial charge in [-0.25, -0.2) is 4.79 Å². The van der Waals surface area contributed by atoms with E-state index in [0.29, 0.717) is 5.92 Å². The van der Waals surface area contributed by atoms with E-state index >= 15 is 0 Å². The third-order valence-electron chi connectivity index (χ3n) is 3.71. The van der Waals surface area contributed by atoms with Crippen molar-refractivity contribution in [1.29, 1.82) is 0 Å². The molecule has 2 aromatic rings. The van der Waals surface area contributed by atoms with Gasteiger partial charge in [-0.2, -0.15) is 0 Å². The van der Waals surface area contributed by atoms with Crippen LogP contribution < -0.4 is 4.74 Å². The fourth-order valence-electron chi connectivity index (χ4n) is 2.38. The zero-order valence-electron chi connectivity index (χ0n) is 14.2. The Morgan fingerprint density at radius 3 is 2.17 bits per heavy atom. The SMILES string of the molecule is CC(C)CCCOc1ccc(-c2ccc(/C=C/C(=O)O)cc2)cc1. The smallest absolute Gasteiger partial charge is 0.328 e. The van der Waals surface area contributed by atoms with E-state index < -0.39 is 5.97 Å². The lowest BCUT2D eigenvalue weighted by molar-refractivity contribution is -0.131. The Balaban J connectivity index is 1.94. The molecule has 2 rings (SSSR count). The van der Waals surface area contributed by atoms with E-state index in [0.717, 1.165) is 41.5 Å². The van der Waals surface area contributed by atoms with Crippen molar-refractivity contribution in [3.8, 4) is 16.9 Å². The van der Waals surface area contributed by atoms with Crippen LogP contribution in [-0.2, 0) is 4.79 Å². The van der Waals surface area contributed by atoms with E-state index in [1.807, 2.05) is 48.5 Å². The first-order valence-corrected chi connectivity index (χ1v) is 8.29. The van der Waals surface area contributed by atoms with E-state index in [9.17, 15) is 4.79 Å². The van der Waals surface area contributed by atoms with E-state index in [-0.39, 0.29) is 0 Å². The molecular formula is C21H24O3. The van der Waals surface area contributed by atoms with Gasteiger partial charge in [0.05, 0.1) is 6.61 Å². The molecule has 1 N–H and O–H groups in total. The Bertz CT molecular complexity index is 667. The fourth-order valence-corrected chi connectivity index (χ4v) is 2.38. The highest BCUT2D eigenvalue weighted by atomic mass is 16.5. The summed E-state index contributed by atoms with van der Waals surface area (Å²) in [5.74, 6) is 0.663. The van der Waals surface area contributed by atoms with E-state index in [1.54, 1.807) is 6.08 Å². The van der Waals surface area contributed by atoms with Gasteiger partial charge in [0.1, 0.15) is 5.75 Å². The van der Waals surface area contributed by atoms with Gasteiger partial charge in [0.25, 0.3) is 0 Å². The zero-order chi connectivity index (χ0) is 17.4. The van der Waals surface area contributed by atoms with Crippen LogP contribution in [0.4, 0.5) is 0 Å². The molecule has 0 unspecified atom stereocenters. The highest BCUT2D eigenvalue weighted by Crippen LogP contribution is 2.23. The second-order valence-electron chi connectivity index (χ2n) is 6.20. The topological polar surface area (TPSA) is 46.5 Å². The number of carboxylic acid groups (broad SMARTS) is 1. The first kappa shape index (κ1) is 17.8. The second kappa shape index (κ2) is 8.92. The molecule has 126 valence electrons. The van der Waals surface area contributed by atoms with Gasteiger partial charge in [-0.15, -0.1) is 0 Å². The summed E-state index contributed by atoms with van der Waals surface area (Å²) in [6.45, 7) is 5.19. The Morgan fingerprint density at radius 2 is 1.62 bits per heavy atom. The second-order valence-corrected chi connectivity index (χ2v) is 6.20. The minimum atomic E-state index is -0.942. The van der Waals surface area contributed by atoms with Crippen molar-refractivity contribution >= 4 is 12.0 Å². The summed E-state index contributed by atoms with van der Waals surface area (Å²) in [7, 11) is 0. The summed E-state index contributed by atoms with van der Waals surface area (Å²) in [5, 5.41) is 8.64. The molecule has 0 radical (unpaired) electrons. The van der Waals surface area contributed by atoms with Gasteiger partial charge >= 0.3 is 5.97 Å². The molecule has 3 nitrogen and oxygen atoms in total. The highest BCUT2D eigenvalue weighted by Gasteiger charge is 2.00.